The molecule has 0 spiro atoms. The van der Waals surface area contributed by atoms with Crippen LogP contribution in [-0.4, -0.2) is 11.1 Å². The number of halogens is 1. The molecule has 0 bridgehead atoms. The highest BCUT2D eigenvalue weighted by atomic mass is 32.2. The molecule has 1 aliphatic rings. The molecule has 1 fully saturated rings. The van der Waals surface area contributed by atoms with Crippen LogP contribution in [0.1, 0.15) is 11.1 Å². The molecule has 0 aliphatic carbocycles. The van der Waals surface area contributed by atoms with Crippen LogP contribution in [0.15, 0.2) is 101 Å². The molecule has 1 aliphatic heterocycles. The van der Waals surface area contributed by atoms with Crippen LogP contribution in [0.2, 0.25) is 0 Å². The fourth-order valence-corrected chi connectivity index (χ4v) is 4.26. The average molecular weight is 455 g/mol. The second kappa shape index (κ2) is 9.30. The van der Waals surface area contributed by atoms with Gasteiger partial charge < -0.3 is 10.1 Å². The lowest BCUT2D eigenvalue weighted by Gasteiger charge is -2.08. The zero-order valence-electron chi connectivity index (χ0n) is 17.5. The van der Waals surface area contributed by atoms with E-state index in [9.17, 15) is 9.18 Å². The van der Waals surface area contributed by atoms with E-state index in [2.05, 4.69) is 40.6 Å². The topological polar surface area (TPSA) is 50.7 Å². The van der Waals surface area contributed by atoms with Gasteiger partial charge >= 0.3 is 0 Å². The number of nitrogens with zero attached hydrogens (tertiary/aromatic N) is 1. The average Bonchev–Trinajstić information content (AvgIpc) is 3.18. The third-order valence-corrected chi connectivity index (χ3v) is 6.02. The number of nitrogens with one attached hydrogen (secondary N) is 1. The first-order chi connectivity index (χ1) is 16.1. The Morgan fingerprint density at radius 1 is 0.909 bits per heavy atom. The summed E-state index contributed by atoms with van der Waals surface area (Å²) in [4.78, 5) is 17.2. The Hall–Kier alpha value is -3.90. The van der Waals surface area contributed by atoms with Crippen LogP contribution in [0.25, 0.3) is 16.8 Å². The van der Waals surface area contributed by atoms with Gasteiger partial charge in [0.15, 0.2) is 5.17 Å². The van der Waals surface area contributed by atoms with Crippen LogP contribution in [-0.2, 0) is 11.4 Å². The maximum absolute atomic E-state index is 13.0. The van der Waals surface area contributed by atoms with Gasteiger partial charge in [-0.05, 0) is 82.2 Å². The Morgan fingerprint density at radius 2 is 1.67 bits per heavy atom. The van der Waals surface area contributed by atoms with Crippen molar-refractivity contribution in [3.63, 3.8) is 0 Å². The summed E-state index contributed by atoms with van der Waals surface area (Å²) in [6, 6.07) is 27.9. The van der Waals surface area contributed by atoms with Crippen molar-refractivity contribution in [1.82, 2.24) is 5.32 Å². The summed E-state index contributed by atoms with van der Waals surface area (Å²) in [5.74, 6) is 0.220. The summed E-state index contributed by atoms with van der Waals surface area (Å²) in [5.41, 5.74) is 2.56. The molecule has 33 heavy (non-hydrogen) atoms. The highest BCUT2D eigenvalue weighted by molar-refractivity contribution is 8.18. The van der Waals surface area contributed by atoms with E-state index in [0.717, 1.165) is 16.9 Å². The Labute approximate surface area is 194 Å². The lowest BCUT2D eigenvalue weighted by atomic mass is 10.1. The van der Waals surface area contributed by atoms with Gasteiger partial charge in [-0.25, -0.2) is 9.38 Å². The maximum atomic E-state index is 13.0. The van der Waals surface area contributed by atoms with Crippen molar-refractivity contribution < 1.29 is 13.9 Å². The second-order valence-electron chi connectivity index (χ2n) is 7.50. The third kappa shape index (κ3) is 5.13. The first-order valence-corrected chi connectivity index (χ1v) is 11.2. The minimum Gasteiger partial charge on any atom is -0.489 e. The molecule has 0 unspecified atom stereocenters. The van der Waals surface area contributed by atoms with Crippen LogP contribution in [0.3, 0.4) is 0 Å². The standard InChI is InChI=1S/C27H19FN2O2S/c28-22-9-11-23(12-10-22)29-27-30-26(31)25(33-27)16-18-6-13-24(14-7-18)32-17-19-5-8-20-3-1-2-4-21(20)15-19/h1-16H,17H2,(H,29,30,31)/b25-16+. The van der Waals surface area contributed by atoms with E-state index in [1.165, 1.54) is 34.7 Å². The van der Waals surface area contributed by atoms with Gasteiger partial charge in [0.1, 0.15) is 18.2 Å². The smallest absolute Gasteiger partial charge is 0.264 e. The zero-order valence-corrected chi connectivity index (χ0v) is 18.3. The van der Waals surface area contributed by atoms with Crippen LogP contribution >= 0.6 is 11.8 Å². The molecule has 5 rings (SSSR count). The van der Waals surface area contributed by atoms with Crippen LogP contribution < -0.4 is 10.1 Å². The van der Waals surface area contributed by atoms with Crippen molar-refractivity contribution in [1.29, 1.82) is 0 Å². The molecule has 6 heteroatoms. The van der Waals surface area contributed by atoms with Gasteiger partial charge in [0.05, 0.1) is 10.6 Å². The predicted molar refractivity (Wildman–Crippen MR) is 132 cm³/mol. The van der Waals surface area contributed by atoms with Crippen molar-refractivity contribution in [3.8, 4) is 5.75 Å². The number of benzene rings is 4. The molecule has 1 amide bonds. The summed E-state index contributed by atoms with van der Waals surface area (Å²) >= 11 is 1.25. The van der Waals surface area contributed by atoms with Crippen molar-refractivity contribution in [2.24, 2.45) is 4.99 Å². The van der Waals surface area contributed by atoms with Crippen molar-refractivity contribution in [2.75, 3.05) is 0 Å². The van der Waals surface area contributed by atoms with Gasteiger partial charge in [-0.1, -0.05) is 48.5 Å². The summed E-state index contributed by atoms with van der Waals surface area (Å²) in [6.07, 6.45) is 1.81. The Bertz CT molecular complexity index is 1380. The minimum absolute atomic E-state index is 0.211. The zero-order chi connectivity index (χ0) is 22.6. The van der Waals surface area contributed by atoms with Gasteiger partial charge in [0.2, 0.25) is 0 Å². The number of hydrogen-bond acceptors (Lipinski definition) is 4. The molecule has 4 aromatic rings. The molecule has 4 nitrogen and oxygen atoms in total. The Kier molecular flexibility index (Phi) is 5.91. The van der Waals surface area contributed by atoms with Gasteiger partial charge in [-0.3, -0.25) is 4.79 Å². The number of aliphatic imine (C=N–C) groups is 1. The lowest BCUT2D eigenvalue weighted by molar-refractivity contribution is -0.115. The van der Waals surface area contributed by atoms with E-state index in [1.54, 1.807) is 18.2 Å². The summed E-state index contributed by atoms with van der Waals surface area (Å²) in [5, 5.41) is 5.60. The number of ether oxygens (including phenoxy) is 1. The number of thioether (sulfide) groups is 1. The van der Waals surface area contributed by atoms with Crippen molar-refractivity contribution in [3.05, 3.63) is 113 Å². The van der Waals surface area contributed by atoms with Crippen molar-refractivity contribution >= 4 is 45.4 Å². The minimum atomic E-state index is -0.327. The molecule has 0 aromatic heterocycles. The number of carbonyl (C=O) groups is 1. The van der Waals surface area contributed by atoms with Crippen LogP contribution in [0, 0.1) is 5.82 Å². The molecular weight excluding hydrogens is 435 g/mol. The Balaban J connectivity index is 1.23. The summed E-state index contributed by atoms with van der Waals surface area (Å²) in [6.45, 7) is 0.479. The molecule has 0 atom stereocenters. The number of amides is 1. The van der Waals surface area contributed by atoms with E-state index in [-0.39, 0.29) is 11.7 Å². The quantitative estimate of drug-likeness (QED) is 0.353. The second-order valence-corrected chi connectivity index (χ2v) is 8.53. The van der Waals surface area contributed by atoms with Gasteiger partial charge in [0.25, 0.3) is 5.91 Å². The number of amidine groups is 1. The highest BCUT2D eigenvalue weighted by Crippen LogP contribution is 2.28. The van der Waals surface area contributed by atoms with Gasteiger partial charge in [-0.2, -0.15) is 0 Å². The predicted octanol–water partition coefficient (Wildman–Crippen LogP) is 6.45. The fraction of sp³-hybridized carbons (Fsp3) is 0.0370. The number of carbonyl (C=O) groups excluding carboxylic acids is 1. The third-order valence-electron chi connectivity index (χ3n) is 5.11. The largest absolute Gasteiger partial charge is 0.489 e. The molecule has 1 saturated heterocycles. The molecule has 1 heterocycles. The maximum Gasteiger partial charge on any atom is 0.264 e. The van der Waals surface area contributed by atoms with E-state index < -0.39 is 0 Å². The monoisotopic (exact) mass is 454 g/mol. The summed E-state index contributed by atoms with van der Waals surface area (Å²) in [7, 11) is 0. The molecule has 4 aromatic carbocycles. The first-order valence-electron chi connectivity index (χ1n) is 10.4. The Morgan fingerprint density at radius 3 is 2.45 bits per heavy atom. The SMILES string of the molecule is O=C1NC(=Nc2ccc(F)cc2)S/C1=C/c1ccc(OCc2ccc3ccccc3c2)cc1. The normalized spacial score (nSPS) is 15.8. The number of fused-ring (bicyclic) bond motifs is 1. The van der Waals surface area contributed by atoms with E-state index >= 15 is 0 Å². The van der Waals surface area contributed by atoms with Crippen LogP contribution in [0.5, 0.6) is 5.75 Å². The summed E-state index contributed by atoms with van der Waals surface area (Å²) < 4.78 is 19.0. The molecular formula is C27H19FN2O2S. The number of hydrogen-bond donors (Lipinski definition) is 1. The molecule has 162 valence electrons. The van der Waals surface area contributed by atoms with Crippen molar-refractivity contribution in [2.45, 2.75) is 6.61 Å². The van der Waals surface area contributed by atoms with Gasteiger partial charge in [-0.15, -0.1) is 0 Å². The first kappa shape index (κ1) is 21.0. The number of rotatable bonds is 5. The van der Waals surface area contributed by atoms with E-state index in [0.29, 0.717) is 22.4 Å². The van der Waals surface area contributed by atoms with E-state index in [4.69, 9.17) is 4.74 Å². The lowest BCUT2D eigenvalue weighted by Crippen LogP contribution is -2.19. The van der Waals surface area contributed by atoms with Crippen LogP contribution in [0.4, 0.5) is 10.1 Å². The van der Waals surface area contributed by atoms with Gasteiger partial charge in [0, 0.05) is 0 Å². The van der Waals surface area contributed by atoms with E-state index in [1.807, 2.05) is 36.4 Å². The highest BCUT2D eigenvalue weighted by Gasteiger charge is 2.23. The molecule has 0 radical (unpaired) electrons. The molecule has 0 saturated carbocycles. The molecule has 1 N–H and O–H groups in total. The fourth-order valence-electron chi connectivity index (χ4n) is 3.42.